The number of nitrogens with zero attached hydrogens (tertiary/aromatic N) is 2. The summed E-state index contributed by atoms with van der Waals surface area (Å²) in [6.45, 7) is -0.153. The van der Waals surface area contributed by atoms with Crippen molar-refractivity contribution in [3.63, 3.8) is 0 Å². The van der Waals surface area contributed by atoms with Gasteiger partial charge in [-0.2, -0.15) is 10.2 Å². The Morgan fingerprint density at radius 2 is 2.44 bits per heavy atom. The van der Waals surface area contributed by atoms with Gasteiger partial charge in [0.2, 0.25) is 0 Å². The highest BCUT2D eigenvalue weighted by Gasteiger charge is 1.94. The molecule has 0 unspecified atom stereocenters. The zero-order chi connectivity index (χ0) is 6.69. The summed E-state index contributed by atoms with van der Waals surface area (Å²) < 4.78 is 0. The Bertz CT molecular complexity index is 201. The van der Waals surface area contributed by atoms with Crippen molar-refractivity contribution in [3.05, 3.63) is 18.0 Å². The third kappa shape index (κ3) is 1.14. The molecule has 9 heavy (non-hydrogen) atoms. The van der Waals surface area contributed by atoms with Gasteiger partial charge in [0.05, 0.1) is 18.5 Å². The fourth-order valence-electron chi connectivity index (χ4n) is 0.493. The van der Waals surface area contributed by atoms with E-state index in [1.54, 1.807) is 6.07 Å². The lowest BCUT2D eigenvalue weighted by molar-refractivity contribution is 0.276. The van der Waals surface area contributed by atoms with Crippen LogP contribution in [0, 0.1) is 0 Å². The van der Waals surface area contributed by atoms with Crippen LogP contribution in [0.4, 0.5) is 5.69 Å². The van der Waals surface area contributed by atoms with Crippen LogP contribution in [0.2, 0.25) is 0 Å². The first-order valence-corrected chi connectivity index (χ1v) is 2.51. The van der Waals surface area contributed by atoms with E-state index in [0.717, 1.165) is 0 Å². The van der Waals surface area contributed by atoms with Crippen LogP contribution < -0.4 is 5.73 Å². The van der Waals surface area contributed by atoms with Gasteiger partial charge in [-0.1, -0.05) is 0 Å². The van der Waals surface area contributed by atoms with Crippen LogP contribution in [0.25, 0.3) is 0 Å². The number of anilines is 1. The van der Waals surface area contributed by atoms with Crippen LogP contribution in [-0.2, 0) is 6.61 Å². The molecule has 0 saturated heterocycles. The topological polar surface area (TPSA) is 72.0 Å². The monoisotopic (exact) mass is 125 g/mol. The van der Waals surface area contributed by atoms with Crippen LogP contribution in [0.1, 0.15) is 5.69 Å². The molecular weight excluding hydrogens is 118 g/mol. The summed E-state index contributed by atoms with van der Waals surface area (Å²) in [4.78, 5) is 0. The summed E-state index contributed by atoms with van der Waals surface area (Å²) in [5.41, 5.74) is 6.28. The van der Waals surface area contributed by atoms with Crippen molar-refractivity contribution >= 4 is 5.69 Å². The van der Waals surface area contributed by atoms with Gasteiger partial charge >= 0.3 is 0 Å². The van der Waals surface area contributed by atoms with Gasteiger partial charge in [0.15, 0.2) is 0 Å². The standard InChI is InChI=1S/C5H7N3O/c6-4-1-2-7-8-5(4)3-9/h1-2,9H,3H2,(H2,6,7). The molecule has 48 valence electrons. The largest absolute Gasteiger partial charge is 0.397 e. The van der Waals surface area contributed by atoms with Gasteiger partial charge in [-0.3, -0.25) is 0 Å². The van der Waals surface area contributed by atoms with Gasteiger partial charge in [0.1, 0.15) is 5.69 Å². The molecule has 0 amide bonds. The Balaban J connectivity index is 3.01. The van der Waals surface area contributed by atoms with Gasteiger partial charge < -0.3 is 10.8 Å². The highest BCUT2D eigenvalue weighted by atomic mass is 16.3. The second-order valence-corrected chi connectivity index (χ2v) is 1.59. The van der Waals surface area contributed by atoms with Crippen LogP contribution in [0.15, 0.2) is 12.3 Å². The minimum Gasteiger partial charge on any atom is -0.397 e. The molecule has 0 aliphatic heterocycles. The lowest BCUT2D eigenvalue weighted by Gasteiger charge is -1.95. The van der Waals surface area contributed by atoms with Crippen LogP contribution in [0.3, 0.4) is 0 Å². The molecule has 1 aromatic rings. The first kappa shape index (κ1) is 5.97. The molecule has 0 atom stereocenters. The first-order valence-electron chi connectivity index (χ1n) is 2.51. The van der Waals surface area contributed by atoms with Crippen molar-refractivity contribution < 1.29 is 5.11 Å². The molecule has 1 heterocycles. The van der Waals surface area contributed by atoms with Crippen molar-refractivity contribution in [1.82, 2.24) is 10.2 Å². The van der Waals surface area contributed by atoms with Gasteiger partial charge in [-0.15, -0.1) is 0 Å². The van der Waals surface area contributed by atoms with Crippen molar-refractivity contribution in [2.45, 2.75) is 6.61 Å². The highest BCUT2D eigenvalue weighted by molar-refractivity contribution is 5.39. The normalized spacial score (nSPS) is 9.44. The second-order valence-electron chi connectivity index (χ2n) is 1.59. The van der Waals surface area contributed by atoms with Gasteiger partial charge in [0, 0.05) is 0 Å². The second kappa shape index (κ2) is 2.41. The molecule has 0 aliphatic rings. The zero-order valence-electron chi connectivity index (χ0n) is 4.78. The van der Waals surface area contributed by atoms with E-state index >= 15 is 0 Å². The predicted molar refractivity (Wildman–Crippen MR) is 32.4 cm³/mol. The van der Waals surface area contributed by atoms with Gasteiger partial charge in [-0.25, -0.2) is 0 Å². The quantitative estimate of drug-likeness (QED) is 0.533. The van der Waals surface area contributed by atoms with E-state index in [-0.39, 0.29) is 6.61 Å². The molecule has 0 fully saturated rings. The summed E-state index contributed by atoms with van der Waals surface area (Å²) in [6, 6.07) is 1.60. The van der Waals surface area contributed by atoms with Crippen molar-refractivity contribution in [3.8, 4) is 0 Å². The Kier molecular flexibility index (Phi) is 1.60. The molecule has 4 nitrogen and oxygen atoms in total. The van der Waals surface area contributed by atoms with Gasteiger partial charge in [-0.05, 0) is 6.07 Å². The Morgan fingerprint density at radius 3 is 2.89 bits per heavy atom. The number of aromatic nitrogens is 2. The number of nitrogen functional groups attached to an aromatic ring is 1. The summed E-state index contributed by atoms with van der Waals surface area (Å²) in [5.74, 6) is 0. The maximum absolute atomic E-state index is 8.54. The Hall–Kier alpha value is -1.16. The number of rotatable bonds is 1. The molecule has 0 aromatic carbocycles. The van der Waals surface area contributed by atoms with Crippen molar-refractivity contribution in [2.24, 2.45) is 0 Å². The van der Waals surface area contributed by atoms with Crippen molar-refractivity contribution in [1.29, 1.82) is 0 Å². The molecule has 1 aromatic heterocycles. The van der Waals surface area contributed by atoms with E-state index in [9.17, 15) is 0 Å². The molecule has 0 saturated carbocycles. The number of aliphatic hydroxyl groups is 1. The van der Waals surface area contributed by atoms with Crippen LogP contribution in [-0.4, -0.2) is 15.3 Å². The lowest BCUT2D eigenvalue weighted by Crippen LogP contribution is -1.98. The maximum Gasteiger partial charge on any atom is 0.111 e. The van der Waals surface area contributed by atoms with E-state index in [0.29, 0.717) is 11.4 Å². The van der Waals surface area contributed by atoms with Crippen LogP contribution >= 0.6 is 0 Å². The fraction of sp³-hybridized carbons (Fsp3) is 0.200. The smallest absolute Gasteiger partial charge is 0.111 e. The third-order valence-corrected chi connectivity index (χ3v) is 0.982. The van der Waals surface area contributed by atoms with E-state index in [4.69, 9.17) is 10.8 Å². The average molecular weight is 125 g/mol. The summed E-state index contributed by atoms with van der Waals surface area (Å²) >= 11 is 0. The third-order valence-electron chi connectivity index (χ3n) is 0.982. The predicted octanol–water partition coefficient (Wildman–Crippen LogP) is -0.449. The molecular formula is C5H7N3O. The van der Waals surface area contributed by atoms with E-state index in [1.807, 2.05) is 0 Å². The number of hydrogen-bond donors (Lipinski definition) is 2. The molecule has 0 spiro atoms. The SMILES string of the molecule is Nc1ccnnc1CO. The van der Waals surface area contributed by atoms with Gasteiger partial charge in [0.25, 0.3) is 0 Å². The number of nitrogens with two attached hydrogens (primary N) is 1. The van der Waals surface area contributed by atoms with Crippen molar-refractivity contribution in [2.75, 3.05) is 5.73 Å². The fourth-order valence-corrected chi connectivity index (χ4v) is 0.493. The van der Waals surface area contributed by atoms with E-state index < -0.39 is 0 Å². The highest BCUT2D eigenvalue weighted by Crippen LogP contribution is 2.03. The van der Waals surface area contributed by atoms with E-state index in [1.165, 1.54) is 6.20 Å². The Labute approximate surface area is 52.3 Å². The molecule has 0 bridgehead atoms. The number of aliphatic hydroxyl groups excluding tert-OH is 1. The first-order chi connectivity index (χ1) is 4.34. The lowest BCUT2D eigenvalue weighted by atomic mass is 10.3. The molecule has 3 N–H and O–H groups in total. The molecule has 0 aliphatic carbocycles. The Morgan fingerprint density at radius 1 is 1.67 bits per heavy atom. The number of hydrogen-bond acceptors (Lipinski definition) is 4. The average Bonchev–Trinajstić information content (AvgIpc) is 1.89. The summed E-state index contributed by atoms with van der Waals surface area (Å²) in [7, 11) is 0. The zero-order valence-corrected chi connectivity index (χ0v) is 4.78. The minimum atomic E-state index is -0.153. The molecule has 1 rings (SSSR count). The van der Waals surface area contributed by atoms with E-state index in [2.05, 4.69) is 10.2 Å². The summed E-state index contributed by atoms with van der Waals surface area (Å²) in [6.07, 6.45) is 1.48. The molecule has 4 heteroatoms. The minimum absolute atomic E-state index is 0.153. The van der Waals surface area contributed by atoms with Crippen LogP contribution in [0.5, 0.6) is 0 Å². The maximum atomic E-state index is 8.54. The molecule has 0 radical (unpaired) electrons. The summed E-state index contributed by atoms with van der Waals surface area (Å²) in [5, 5.41) is 15.6.